The minimum absolute atomic E-state index is 0.470. The van der Waals surface area contributed by atoms with Gasteiger partial charge >= 0.3 is 0 Å². The van der Waals surface area contributed by atoms with Gasteiger partial charge in [0.25, 0.3) is 0 Å². The van der Waals surface area contributed by atoms with Crippen molar-refractivity contribution >= 4 is 34.0 Å². The van der Waals surface area contributed by atoms with E-state index >= 15 is 0 Å². The quantitative estimate of drug-likeness (QED) is 0.498. The van der Waals surface area contributed by atoms with Gasteiger partial charge in [-0.2, -0.15) is 0 Å². The highest BCUT2D eigenvalue weighted by Crippen LogP contribution is 2.20. The first-order valence-corrected chi connectivity index (χ1v) is 3.79. The summed E-state index contributed by atoms with van der Waals surface area (Å²) in [6.07, 6.45) is 4.30. The van der Waals surface area contributed by atoms with E-state index in [0.717, 1.165) is 6.29 Å². The van der Waals surface area contributed by atoms with E-state index in [4.69, 9.17) is 11.6 Å². The fourth-order valence-electron chi connectivity index (χ4n) is 0.662. The molecule has 0 N–H and O–H groups in total. The second-order valence-corrected chi connectivity index (χ2v) is 3.06. The Labute approximate surface area is 72.5 Å². The van der Waals surface area contributed by atoms with Crippen molar-refractivity contribution in [3.8, 4) is 0 Å². The van der Waals surface area contributed by atoms with Gasteiger partial charge < -0.3 is 3.93 Å². The van der Waals surface area contributed by atoms with Crippen molar-refractivity contribution in [2.24, 2.45) is 0 Å². The van der Waals surface area contributed by atoms with E-state index in [2.05, 4.69) is 16.1 Å². The first-order chi connectivity index (χ1) is 4.75. The van der Waals surface area contributed by atoms with Crippen LogP contribution in [0.2, 0.25) is 0 Å². The maximum absolute atomic E-state index is 10.3. The molecule has 0 aliphatic carbocycles. The fourth-order valence-corrected chi connectivity index (χ4v) is 1.44. The van der Waals surface area contributed by atoms with E-state index in [9.17, 15) is 4.79 Å². The topological polar surface area (TPSA) is 20.3 Å². The second kappa shape index (κ2) is 3.21. The van der Waals surface area contributed by atoms with Gasteiger partial charge in [0, 0.05) is 6.54 Å². The molecule has 0 aromatic carbocycles. The number of rotatable bonds is 1. The summed E-state index contributed by atoms with van der Waals surface area (Å²) in [5, 5.41) is 0.470. The lowest BCUT2D eigenvalue weighted by Crippen LogP contribution is -2.15. The minimum atomic E-state index is 0.470. The average molecular weight is 222 g/mol. The summed E-state index contributed by atoms with van der Waals surface area (Å²) < 4.78 is 1.61. The number of aldehydes is 1. The molecule has 10 heavy (non-hydrogen) atoms. The van der Waals surface area contributed by atoms with E-state index < -0.39 is 0 Å². The van der Waals surface area contributed by atoms with Gasteiger partial charge in [-0.25, -0.2) is 0 Å². The maximum Gasteiger partial charge on any atom is 0.168 e. The lowest BCUT2D eigenvalue weighted by Gasteiger charge is -2.17. The molecule has 0 radical (unpaired) electrons. The van der Waals surface area contributed by atoms with Crippen LogP contribution in [0.5, 0.6) is 0 Å². The molecule has 54 valence electrons. The van der Waals surface area contributed by atoms with Crippen LogP contribution in [0.1, 0.15) is 0 Å². The molecule has 1 aliphatic heterocycles. The third-order valence-corrected chi connectivity index (χ3v) is 2.14. The largest absolute Gasteiger partial charge is 0.301 e. The summed E-state index contributed by atoms with van der Waals surface area (Å²) in [5.41, 5.74) is 0.476. The van der Waals surface area contributed by atoms with E-state index in [1.54, 1.807) is 10.0 Å². The van der Waals surface area contributed by atoms with Crippen LogP contribution < -0.4 is 0 Å². The number of carbonyl (C=O) groups is 1. The Morgan fingerprint density at radius 1 is 1.80 bits per heavy atom. The molecule has 0 fully saturated rings. The SMILES string of the molecule is O=CC1=C(Cl)C=CCN1Br. The molecule has 1 heterocycles. The van der Waals surface area contributed by atoms with Crippen molar-refractivity contribution in [3.05, 3.63) is 22.9 Å². The van der Waals surface area contributed by atoms with Crippen LogP contribution in [0.4, 0.5) is 0 Å². The van der Waals surface area contributed by atoms with Crippen molar-refractivity contribution < 1.29 is 4.79 Å². The van der Waals surface area contributed by atoms with Gasteiger partial charge in [0.15, 0.2) is 6.29 Å². The molecule has 0 atom stereocenters. The van der Waals surface area contributed by atoms with Crippen LogP contribution in [-0.2, 0) is 4.79 Å². The van der Waals surface area contributed by atoms with Crippen LogP contribution in [-0.4, -0.2) is 16.8 Å². The Balaban J connectivity index is 2.94. The molecule has 0 amide bonds. The molecule has 0 aromatic rings. The van der Waals surface area contributed by atoms with Crippen molar-refractivity contribution in [2.45, 2.75) is 0 Å². The van der Waals surface area contributed by atoms with Crippen molar-refractivity contribution in [2.75, 3.05) is 6.54 Å². The van der Waals surface area contributed by atoms with Gasteiger partial charge in [-0.15, -0.1) is 0 Å². The van der Waals surface area contributed by atoms with Gasteiger partial charge in [-0.3, -0.25) is 4.79 Å². The first kappa shape index (κ1) is 7.82. The van der Waals surface area contributed by atoms with Gasteiger partial charge in [0.05, 0.1) is 21.2 Å². The Morgan fingerprint density at radius 2 is 2.50 bits per heavy atom. The summed E-state index contributed by atoms with van der Waals surface area (Å²) in [6.45, 7) is 0.671. The molecule has 1 aliphatic rings. The van der Waals surface area contributed by atoms with E-state index in [-0.39, 0.29) is 0 Å². The van der Waals surface area contributed by atoms with Crippen molar-refractivity contribution in [1.82, 2.24) is 3.93 Å². The molecule has 2 nitrogen and oxygen atoms in total. The van der Waals surface area contributed by atoms with Gasteiger partial charge in [0.2, 0.25) is 0 Å². The van der Waals surface area contributed by atoms with Crippen molar-refractivity contribution in [3.63, 3.8) is 0 Å². The minimum Gasteiger partial charge on any atom is -0.301 e. The predicted octanol–water partition coefficient (Wildman–Crippen LogP) is 1.82. The molecule has 0 saturated heterocycles. The number of nitrogens with zero attached hydrogens (tertiary/aromatic N) is 1. The highest BCUT2D eigenvalue weighted by Gasteiger charge is 2.11. The van der Waals surface area contributed by atoms with E-state index in [1.807, 2.05) is 6.08 Å². The molecular formula is C6H5BrClNO. The Hall–Kier alpha value is -0.280. The molecule has 4 heteroatoms. The second-order valence-electron chi connectivity index (χ2n) is 1.80. The third-order valence-electron chi connectivity index (χ3n) is 1.15. The molecule has 0 unspecified atom stereocenters. The maximum atomic E-state index is 10.3. The Bertz CT molecular complexity index is 212. The molecule has 0 bridgehead atoms. The fraction of sp³-hybridized carbons (Fsp3) is 0.167. The van der Waals surface area contributed by atoms with Crippen LogP contribution in [0.25, 0.3) is 0 Å². The van der Waals surface area contributed by atoms with Gasteiger partial charge in [0.1, 0.15) is 5.70 Å². The standard InChI is InChI=1S/C6H5BrClNO/c7-9-3-1-2-5(8)6(9)4-10/h1-2,4H,3H2. The summed E-state index contributed by atoms with van der Waals surface area (Å²) in [7, 11) is 0. The smallest absolute Gasteiger partial charge is 0.168 e. The molecule has 0 aromatic heterocycles. The normalized spacial score (nSPS) is 18.0. The zero-order valence-corrected chi connectivity index (χ0v) is 7.39. The summed E-state index contributed by atoms with van der Waals surface area (Å²) in [5.74, 6) is 0. The number of carbonyl (C=O) groups excluding carboxylic acids is 1. The monoisotopic (exact) mass is 221 g/mol. The van der Waals surface area contributed by atoms with Crippen LogP contribution in [0.15, 0.2) is 22.9 Å². The summed E-state index contributed by atoms with van der Waals surface area (Å²) >= 11 is 8.83. The molecule has 0 saturated carbocycles. The van der Waals surface area contributed by atoms with Gasteiger partial charge in [-0.1, -0.05) is 17.7 Å². The van der Waals surface area contributed by atoms with E-state index in [1.165, 1.54) is 0 Å². The Kier molecular flexibility index (Phi) is 2.51. The zero-order valence-electron chi connectivity index (χ0n) is 5.05. The highest BCUT2D eigenvalue weighted by molar-refractivity contribution is 9.07. The zero-order chi connectivity index (χ0) is 7.56. The van der Waals surface area contributed by atoms with Crippen LogP contribution >= 0.6 is 27.7 Å². The first-order valence-electron chi connectivity index (χ1n) is 2.70. The predicted molar refractivity (Wildman–Crippen MR) is 43.7 cm³/mol. The molecule has 0 spiro atoms. The lowest BCUT2D eigenvalue weighted by molar-refractivity contribution is -0.105. The van der Waals surface area contributed by atoms with Gasteiger partial charge in [-0.05, 0) is 6.08 Å². The van der Waals surface area contributed by atoms with Crippen LogP contribution in [0, 0.1) is 0 Å². The molecule has 1 rings (SSSR count). The summed E-state index contributed by atoms with van der Waals surface area (Å²) in [6, 6.07) is 0. The summed E-state index contributed by atoms with van der Waals surface area (Å²) in [4.78, 5) is 10.3. The highest BCUT2D eigenvalue weighted by atomic mass is 79.9. The van der Waals surface area contributed by atoms with Crippen LogP contribution in [0.3, 0.4) is 0 Å². The number of halogens is 2. The Morgan fingerprint density at radius 3 is 2.90 bits per heavy atom. The lowest BCUT2D eigenvalue weighted by atomic mass is 10.3. The number of allylic oxidation sites excluding steroid dienone is 3. The van der Waals surface area contributed by atoms with Crippen molar-refractivity contribution in [1.29, 1.82) is 0 Å². The van der Waals surface area contributed by atoms with E-state index in [0.29, 0.717) is 17.3 Å². The number of hydrogen-bond acceptors (Lipinski definition) is 2. The molecular weight excluding hydrogens is 217 g/mol. The third kappa shape index (κ3) is 1.41. The average Bonchev–Trinajstić information content (AvgIpc) is 1.88. The number of hydrogen-bond donors (Lipinski definition) is 0.